The molecule has 1 aromatic heterocycles. The zero-order chi connectivity index (χ0) is 9.35. The number of nitrogens with two attached hydrogens (primary N) is 1. The third kappa shape index (κ3) is 1.72. The minimum Gasteiger partial charge on any atom is -0.319 e. The van der Waals surface area contributed by atoms with Gasteiger partial charge in [-0.05, 0) is 6.07 Å². The summed E-state index contributed by atoms with van der Waals surface area (Å²) in [5.74, 6) is 0. The summed E-state index contributed by atoms with van der Waals surface area (Å²) in [5.41, 5.74) is -0.401. The molecule has 0 aliphatic carbocycles. The van der Waals surface area contributed by atoms with E-state index in [4.69, 9.17) is 5.14 Å². The number of hydrogen-bond donors (Lipinski definition) is 1. The van der Waals surface area contributed by atoms with Gasteiger partial charge in [0.25, 0.3) is 5.56 Å². The van der Waals surface area contributed by atoms with Gasteiger partial charge in [0.15, 0.2) is 0 Å². The molecule has 0 fully saturated rings. The first kappa shape index (κ1) is 8.95. The van der Waals surface area contributed by atoms with Crippen LogP contribution in [0.25, 0.3) is 0 Å². The Morgan fingerprint density at radius 1 is 1.50 bits per heavy atom. The zero-order valence-electron chi connectivity index (χ0n) is 6.39. The van der Waals surface area contributed by atoms with Crippen molar-refractivity contribution < 1.29 is 8.42 Å². The normalized spacial score (nSPS) is 11.5. The van der Waals surface area contributed by atoms with Crippen molar-refractivity contribution in [3.63, 3.8) is 0 Å². The van der Waals surface area contributed by atoms with Crippen LogP contribution in [0.1, 0.15) is 0 Å². The van der Waals surface area contributed by atoms with Gasteiger partial charge in [0.1, 0.15) is 0 Å². The topological polar surface area (TPSA) is 82.2 Å². The second kappa shape index (κ2) is 2.72. The summed E-state index contributed by atoms with van der Waals surface area (Å²) in [6, 6.07) is 2.26. The summed E-state index contributed by atoms with van der Waals surface area (Å²) in [5, 5.41) is 4.80. The van der Waals surface area contributed by atoms with Crippen molar-refractivity contribution in [1.29, 1.82) is 0 Å². The van der Waals surface area contributed by atoms with E-state index >= 15 is 0 Å². The predicted molar refractivity (Wildman–Crippen MR) is 43.1 cm³/mol. The van der Waals surface area contributed by atoms with Crippen molar-refractivity contribution in [2.24, 2.45) is 12.2 Å². The fourth-order valence-corrected chi connectivity index (χ4v) is 1.22. The second-order valence-electron chi connectivity index (χ2n) is 2.36. The van der Waals surface area contributed by atoms with Crippen LogP contribution < -0.4 is 10.7 Å². The average Bonchev–Trinajstić information content (AvgIpc) is 1.92. The number of hydrogen-bond acceptors (Lipinski definition) is 3. The van der Waals surface area contributed by atoms with Gasteiger partial charge in [0.2, 0.25) is 10.0 Å². The molecule has 6 heteroatoms. The van der Waals surface area contributed by atoms with Crippen LogP contribution in [0.15, 0.2) is 28.0 Å². The summed E-state index contributed by atoms with van der Waals surface area (Å²) >= 11 is 0. The molecule has 0 bridgehead atoms. The monoisotopic (exact) mass is 188 g/mol. The Morgan fingerprint density at radius 3 is 2.50 bits per heavy atom. The number of pyridine rings is 1. The molecule has 0 aliphatic rings. The van der Waals surface area contributed by atoms with Crippen molar-refractivity contribution in [2.45, 2.75) is 4.90 Å². The summed E-state index contributed by atoms with van der Waals surface area (Å²) in [7, 11) is -2.23. The number of rotatable bonds is 1. The zero-order valence-corrected chi connectivity index (χ0v) is 7.21. The number of sulfonamides is 1. The Hall–Kier alpha value is -1.14. The van der Waals surface area contributed by atoms with Crippen LogP contribution in [0.5, 0.6) is 0 Å². The van der Waals surface area contributed by atoms with E-state index in [1.165, 1.54) is 23.9 Å². The van der Waals surface area contributed by atoms with Crippen molar-refractivity contribution in [3.05, 3.63) is 28.7 Å². The molecule has 0 aromatic carbocycles. The lowest BCUT2D eigenvalue weighted by atomic mass is 10.5. The fourth-order valence-electron chi connectivity index (χ4n) is 0.707. The van der Waals surface area contributed by atoms with E-state index in [0.29, 0.717) is 0 Å². The molecule has 66 valence electrons. The van der Waals surface area contributed by atoms with Gasteiger partial charge >= 0.3 is 0 Å². The average molecular weight is 188 g/mol. The van der Waals surface area contributed by atoms with Crippen molar-refractivity contribution in [3.8, 4) is 0 Å². The standard InChI is InChI=1S/C6H8N2O3S/c1-8-3-2-5(4-6(8)9)12(7,10)11/h2-4H,1H3,(H2,7,10,11). The van der Waals surface area contributed by atoms with E-state index in [0.717, 1.165) is 6.07 Å². The number of primary sulfonamides is 1. The van der Waals surface area contributed by atoms with E-state index in [9.17, 15) is 13.2 Å². The van der Waals surface area contributed by atoms with E-state index in [1.54, 1.807) is 0 Å². The number of aryl methyl sites for hydroxylation is 1. The summed E-state index contributed by atoms with van der Waals surface area (Å²) < 4.78 is 22.7. The van der Waals surface area contributed by atoms with Crippen molar-refractivity contribution in [2.75, 3.05) is 0 Å². The van der Waals surface area contributed by atoms with Crippen LogP contribution in [0.4, 0.5) is 0 Å². The first-order valence-corrected chi connectivity index (χ1v) is 4.65. The molecule has 0 radical (unpaired) electrons. The SMILES string of the molecule is Cn1ccc(S(N)(=O)=O)cc1=O. The minimum absolute atomic E-state index is 0.161. The van der Waals surface area contributed by atoms with Gasteiger partial charge in [0.05, 0.1) is 4.90 Å². The van der Waals surface area contributed by atoms with Crippen molar-refractivity contribution in [1.82, 2.24) is 4.57 Å². The smallest absolute Gasteiger partial charge is 0.251 e. The molecule has 5 nitrogen and oxygen atoms in total. The summed E-state index contributed by atoms with van der Waals surface area (Å²) in [6.07, 6.45) is 1.35. The molecule has 1 aromatic rings. The summed E-state index contributed by atoms with van der Waals surface area (Å²) in [4.78, 5) is 10.8. The van der Waals surface area contributed by atoms with Crippen LogP contribution in [-0.2, 0) is 17.1 Å². The van der Waals surface area contributed by atoms with E-state index < -0.39 is 15.6 Å². The van der Waals surface area contributed by atoms with Gasteiger partial charge in [-0.25, -0.2) is 13.6 Å². The Kier molecular flexibility index (Phi) is 2.03. The van der Waals surface area contributed by atoms with Crippen molar-refractivity contribution >= 4 is 10.0 Å². The maximum Gasteiger partial charge on any atom is 0.251 e. The van der Waals surface area contributed by atoms with Crippen LogP contribution in [0.3, 0.4) is 0 Å². The molecule has 12 heavy (non-hydrogen) atoms. The Labute approximate surface area is 69.5 Å². The molecular formula is C6H8N2O3S. The molecule has 0 unspecified atom stereocenters. The first-order chi connectivity index (χ1) is 5.41. The maximum atomic E-state index is 10.9. The molecular weight excluding hydrogens is 180 g/mol. The molecule has 0 amide bonds. The minimum atomic E-state index is -3.76. The van der Waals surface area contributed by atoms with Crippen LogP contribution in [0.2, 0.25) is 0 Å². The molecule has 0 atom stereocenters. The molecule has 0 saturated heterocycles. The Bertz CT molecular complexity index is 446. The molecule has 1 heterocycles. The Morgan fingerprint density at radius 2 is 2.08 bits per heavy atom. The first-order valence-electron chi connectivity index (χ1n) is 3.11. The van der Waals surface area contributed by atoms with Crippen LogP contribution in [0, 0.1) is 0 Å². The van der Waals surface area contributed by atoms with Gasteiger partial charge in [-0.2, -0.15) is 0 Å². The van der Waals surface area contributed by atoms with Crippen LogP contribution in [-0.4, -0.2) is 13.0 Å². The van der Waals surface area contributed by atoms with Gasteiger partial charge in [-0.15, -0.1) is 0 Å². The van der Waals surface area contributed by atoms with Crippen LogP contribution >= 0.6 is 0 Å². The quantitative estimate of drug-likeness (QED) is 0.615. The molecule has 0 saturated carbocycles. The lowest BCUT2D eigenvalue weighted by Gasteiger charge is -1.98. The van der Waals surface area contributed by atoms with Gasteiger partial charge in [0, 0.05) is 19.3 Å². The van der Waals surface area contributed by atoms with Gasteiger partial charge in [-0.1, -0.05) is 0 Å². The van der Waals surface area contributed by atoms with E-state index in [-0.39, 0.29) is 4.90 Å². The van der Waals surface area contributed by atoms with Gasteiger partial charge < -0.3 is 4.57 Å². The third-order valence-corrected chi connectivity index (χ3v) is 2.32. The molecule has 1 rings (SSSR count). The highest BCUT2D eigenvalue weighted by atomic mass is 32.2. The molecule has 0 aliphatic heterocycles. The number of aromatic nitrogens is 1. The Balaban J connectivity index is 3.43. The fraction of sp³-hybridized carbons (Fsp3) is 0.167. The largest absolute Gasteiger partial charge is 0.319 e. The highest BCUT2D eigenvalue weighted by Gasteiger charge is 2.07. The summed E-state index contributed by atoms with van der Waals surface area (Å²) in [6.45, 7) is 0. The lowest BCUT2D eigenvalue weighted by molar-refractivity contribution is 0.597. The maximum absolute atomic E-state index is 10.9. The predicted octanol–water partition coefficient (Wildman–Crippen LogP) is -0.967. The highest BCUT2D eigenvalue weighted by molar-refractivity contribution is 7.89. The van der Waals surface area contributed by atoms with E-state index in [1.807, 2.05) is 0 Å². The molecule has 2 N–H and O–H groups in total. The lowest BCUT2D eigenvalue weighted by Crippen LogP contribution is -2.19. The third-order valence-electron chi connectivity index (χ3n) is 1.40. The second-order valence-corrected chi connectivity index (χ2v) is 3.92. The number of nitrogens with zero attached hydrogens (tertiary/aromatic N) is 1. The van der Waals surface area contributed by atoms with E-state index in [2.05, 4.69) is 0 Å². The molecule has 0 spiro atoms. The highest BCUT2D eigenvalue weighted by Crippen LogP contribution is 1.99. The van der Waals surface area contributed by atoms with Gasteiger partial charge in [-0.3, -0.25) is 4.79 Å².